The van der Waals surface area contributed by atoms with E-state index in [-0.39, 0.29) is 0 Å². The quantitative estimate of drug-likeness (QED) is 0.698. The molecule has 0 aliphatic heterocycles. The Kier molecular flexibility index (Phi) is 7.02. The minimum Gasteiger partial charge on any atom is -0.493 e. The molecule has 0 saturated carbocycles. The molecule has 112 valence electrons. The van der Waals surface area contributed by atoms with E-state index in [1.165, 1.54) is 0 Å². The Hall–Kier alpha value is -1.07. The van der Waals surface area contributed by atoms with Crippen molar-refractivity contribution in [3.8, 4) is 5.75 Å². The van der Waals surface area contributed by atoms with E-state index in [0.717, 1.165) is 16.6 Å². The SMILES string of the molecule is CCO[C@@](CC)(Cc1ccc(OCCBr)cc1)C(=O)O. The molecule has 0 amide bonds. The lowest BCUT2D eigenvalue weighted by Gasteiger charge is -2.28. The number of hydrogen-bond donors (Lipinski definition) is 1. The Morgan fingerprint density at radius 3 is 2.40 bits per heavy atom. The molecule has 5 heteroatoms. The van der Waals surface area contributed by atoms with Gasteiger partial charge in [0.25, 0.3) is 0 Å². The van der Waals surface area contributed by atoms with Gasteiger partial charge in [-0.1, -0.05) is 35.0 Å². The molecule has 1 aromatic carbocycles. The summed E-state index contributed by atoms with van der Waals surface area (Å²) in [5.41, 5.74) is -0.221. The molecule has 0 bridgehead atoms. The van der Waals surface area contributed by atoms with Crippen LogP contribution in [-0.2, 0) is 16.0 Å². The van der Waals surface area contributed by atoms with E-state index in [1.807, 2.05) is 38.1 Å². The number of halogens is 1. The molecule has 0 aliphatic carbocycles. The number of carboxylic acid groups (broad SMARTS) is 1. The van der Waals surface area contributed by atoms with E-state index < -0.39 is 11.6 Å². The summed E-state index contributed by atoms with van der Waals surface area (Å²) in [6, 6.07) is 7.48. The van der Waals surface area contributed by atoms with Crippen molar-refractivity contribution in [1.29, 1.82) is 0 Å². The first kappa shape index (κ1) is 17.0. The zero-order chi connectivity index (χ0) is 15.0. The predicted octanol–water partition coefficient (Wildman–Crippen LogP) is 3.27. The number of rotatable bonds is 9. The van der Waals surface area contributed by atoms with Gasteiger partial charge in [0, 0.05) is 18.4 Å². The molecule has 0 unspecified atom stereocenters. The van der Waals surface area contributed by atoms with Crippen LogP contribution < -0.4 is 4.74 Å². The molecule has 1 N–H and O–H groups in total. The second-order valence-corrected chi connectivity index (χ2v) is 5.24. The number of alkyl halides is 1. The summed E-state index contributed by atoms with van der Waals surface area (Å²) in [7, 11) is 0. The van der Waals surface area contributed by atoms with Crippen LogP contribution in [0, 0.1) is 0 Å². The van der Waals surface area contributed by atoms with Crippen LogP contribution in [0.4, 0.5) is 0 Å². The number of carbonyl (C=O) groups is 1. The number of ether oxygens (including phenoxy) is 2. The summed E-state index contributed by atoms with van der Waals surface area (Å²) in [6.07, 6.45) is 0.781. The first-order valence-electron chi connectivity index (χ1n) is 6.73. The molecule has 0 aliphatic rings. The van der Waals surface area contributed by atoms with Gasteiger partial charge in [0.15, 0.2) is 5.60 Å². The molecule has 0 heterocycles. The molecule has 0 saturated heterocycles. The van der Waals surface area contributed by atoms with Crippen molar-refractivity contribution in [2.24, 2.45) is 0 Å². The maximum Gasteiger partial charge on any atom is 0.336 e. The molecule has 4 nitrogen and oxygen atoms in total. The minimum absolute atomic E-state index is 0.353. The van der Waals surface area contributed by atoms with Gasteiger partial charge in [-0.05, 0) is 31.0 Å². The van der Waals surface area contributed by atoms with Crippen LogP contribution in [0.15, 0.2) is 24.3 Å². The van der Waals surface area contributed by atoms with Crippen molar-refractivity contribution < 1.29 is 19.4 Å². The van der Waals surface area contributed by atoms with Gasteiger partial charge in [0.2, 0.25) is 0 Å². The second kappa shape index (κ2) is 8.27. The van der Waals surface area contributed by atoms with Gasteiger partial charge in [-0.25, -0.2) is 4.79 Å². The average Bonchev–Trinajstić information content (AvgIpc) is 2.45. The molecular weight excluding hydrogens is 324 g/mol. The molecule has 1 rings (SSSR count). The third-order valence-electron chi connectivity index (χ3n) is 3.14. The number of hydrogen-bond acceptors (Lipinski definition) is 3. The van der Waals surface area contributed by atoms with Crippen molar-refractivity contribution in [3.63, 3.8) is 0 Å². The van der Waals surface area contributed by atoms with Gasteiger partial charge < -0.3 is 14.6 Å². The first-order chi connectivity index (χ1) is 9.57. The zero-order valence-corrected chi connectivity index (χ0v) is 13.5. The Morgan fingerprint density at radius 1 is 1.30 bits per heavy atom. The third kappa shape index (κ3) is 4.49. The maximum atomic E-state index is 11.5. The zero-order valence-electron chi connectivity index (χ0n) is 11.9. The number of benzene rings is 1. The van der Waals surface area contributed by atoms with E-state index in [0.29, 0.717) is 26.1 Å². The van der Waals surface area contributed by atoms with E-state index in [1.54, 1.807) is 0 Å². The van der Waals surface area contributed by atoms with Crippen LogP contribution in [0.5, 0.6) is 5.75 Å². The highest BCUT2D eigenvalue weighted by molar-refractivity contribution is 9.09. The highest BCUT2D eigenvalue weighted by Crippen LogP contribution is 2.24. The summed E-state index contributed by atoms with van der Waals surface area (Å²) >= 11 is 3.30. The van der Waals surface area contributed by atoms with Crippen LogP contribution in [0.2, 0.25) is 0 Å². The Morgan fingerprint density at radius 2 is 1.95 bits per heavy atom. The van der Waals surface area contributed by atoms with Crippen LogP contribution in [0.3, 0.4) is 0 Å². The lowest BCUT2D eigenvalue weighted by atomic mass is 9.91. The van der Waals surface area contributed by atoms with E-state index in [2.05, 4.69) is 15.9 Å². The topological polar surface area (TPSA) is 55.8 Å². The summed E-state index contributed by atoms with van der Waals surface area (Å²) in [5.74, 6) is -0.136. The van der Waals surface area contributed by atoms with E-state index in [4.69, 9.17) is 9.47 Å². The molecule has 20 heavy (non-hydrogen) atoms. The molecule has 0 aromatic heterocycles. The van der Waals surface area contributed by atoms with Gasteiger partial charge in [-0.2, -0.15) is 0 Å². The third-order valence-corrected chi connectivity index (χ3v) is 3.46. The van der Waals surface area contributed by atoms with Crippen LogP contribution in [0.1, 0.15) is 25.8 Å². The lowest BCUT2D eigenvalue weighted by molar-refractivity contribution is -0.166. The second-order valence-electron chi connectivity index (χ2n) is 4.44. The fraction of sp³-hybridized carbons (Fsp3) is 0.533. The molecule has 1 atom stereocenters. The monoisotopic (exact) mass is 344 g/mol. The minimum atomic E-state index is -1.15. The van der Waals surface area contributed by atoms with Crippen molar-refractivity contribution in [2.75, 3.05) is 18.5 Å². The molecule has 0 radical (unpaired) electrons. The van der Waals surface area contributed by atoms with E-state index >= 15 is 0 Å². The lowest BCUT2D eigenvalue weighted by Crippen LogP contribution is -2.43. The molecule has 1 aromatic rings. The van der Waals surface area contributed by atoms with Crippen molar-refractivity contribution in [3.05, 3.63) is 29.8 Å². The fourth-order valence-electron chi connectivity index (χ4n) is 2.03. The predicted molar refractivity (Wildman–Crippen MR) is 81.7 cm³/mol. The van der Waals surface area contributed by atoms with Crippen molar-refractivity contribution in [1.82, 2.24) is 0 Å². The number of aliphatic carboxylic acids is 1. The summed E-state index contributed by atoms with van der Waals surface area (Å²) in [4.78, 5) is 11.5. The summed E-state index contributed by atoms with van der Waals surface area (Å²) in [5, 5.41) is 10.2. The first-order valence-corrected chi connectivity index (χ1v) is 7.85. The average molecular weight is 345 g/mol. The molecule has 0 fully saturated rings. The van der Waals surface area contributed by atoms with Crippen LogP contribution in [-0.4, -0.2) is 35.2 Å². The Balaban J connectivity index is 2.81. The fourth-order valence-corrected chi connectivity index (χ4v) is 2.19. The Labute approximate surface area is 128 Å². The largest absolute Gasteiger partial charge is 0.493 e. The van der Waals surface area contributed by atoms with Crippen LogP contribution in [0.25, 0.3) is 0 Å². The number of carboxylic acids is 1. The molecule has 0 spiro atoms. The normalized spacial score (nSPS) is 13.8. The summed E-state index contributed by atoms with van der Waals surface area (Å²) in [6.45, 7) is 4.63. The van der Waals surface area contributed by atoms with Gasteiger partial charge in [0.05, 0.1) is 6.61 Å². The smallest absolute Gasteiger partial charge is 0.336 e. The molecular formula is C15H21BrO4. The standard InChI is InChI=1S/C15H21BrO4/c1-3-15(14(17)18,20-4-2)11-12-5-7-13(8-6-12)19-10-9-16/h5-8H,3-4,9-11H2,1-2H3,(H,17,18)/t15-/m0/s1. The maximum absolute atomic E-state index is 11.5. The van der Waals surface area contributed by atoms with Gasteiger partial charge in [-0.15, -0.1) is 0 Å². The van der Waals surface area contributed by atoms with E-state index in [9.17, 15) is 9.90 Å². The van der Waals surface area contributed by atoms with Crippen molar-refractivity contribution in [2.45, 2.75) is 32.3 Å². The van der Waals surface area contributed by atoms with Gasteiger partial charge in [0.1, 0.15) is 5.75 Å². The van der Waals surface area contributed by atoms with Crippen LogP contribution >= 0.6 is 15.9 Å². The highest BCUT2D eigenvalue weighted by Gasteiger charge is 2.37. The van der Waals surface area contributed by atoms with Crippen molar-refractivity contribution >= 4 is 21.9 Å². The van der Waals surface area contributed by atoms with Gasteiger partial charge >= 0.3 is 5.97 Å². The highest BCUT2D eigenvalue weighted by atomic mass is 79.9. The Bertz CT molecular complexity index is 418. The van der Waals surface area contributed by atoms with Gasteiger partial charge in [-0.3, -0.25) is 0 Å². The summed E-state index contributed by atoms with van der Waals surface area (Å²) < 4.78 is 11.0.